The van der Waals surface area contributed by atoms with E-state index in [0.29, 0.717) is 22.2 Å². The monoisotopic (exact) mass is 374 g/mol. The minimum atomic E-state index is -0.904. The van der Waals surface area contributed by atoms with Gasteiger partial charge in [-0.2, -0.15) is 0 Å². The quantitative estimate of drug-likeness (QED) is 0.892. The lowest BCUT2D eigenvalue weighted by Gasteiger charge is -2.34. The first-order valence-electron chi connectivity index (χ1n) is 8.16. The number of nitrogens with zero attached hydrogens (tertiary/aromatic N) is 1. The SMILES string of the molecule is Cc1cc(Cl)ccc1O[C@@H](C)C(=O)N1C[C@@H](C(N)=O)Oc2ccccc21. The Morgan fingerprint density at radius 3 is 2.73 bits per heavy atom. The van der Waals surface area contributed by atoms with E-state index in [1.165, 1.54) is 4.90 Å². The molecule has 1 heterocycles. The molecule has 0 unspecified atom stereocenters. The fourth-order valence-electron chi connectivity index (χ4n) is 2.80. The number of anilines is 1. The first kappa shape index (κ1) is 18.1. The molecule has 136 valence electrons. The molecular weight excluding hydrogens is 356 g/mol. The number of rotatable bonds is 4. The van der Waals surface area contributed by atoms with Gasteiger partial charge in [0.1, 0.15) is 11.5 Å². The number of carbonyl (C=O) groups excluding carboxylic acids is 2. The minimum Gasteiger partial charge on any atom is -0.481 e. The summed E-state index contributed by atoms with van der Waals surface area (Å²) in [5.41, 5.74) is 6.78. The van der Waals surface area contributed by atoms with Gasteiger partial charge < -0.3 is 20.1 Å². The number of para-hydroxylation sites is 2. The van der Waals surface area contributed by atoms with E-state index in [1.807, 2.05) is 6.92 Å². The minimum absolute atomic E-state index is 0.0402. The number of amides is 2. The van der Waals surface area contributed by atoms with Crippen molar-refractivity contribution in [3.63, 3.8) is 0 Å². The van der Waals surface area contributed by atoms with E-state index < -0.39 is 18.1 Å². The van der Waals surface area contributed by atoms with Gasteiger partial charge in [0.2, 0.25) is 0 Å². The molecule has 3 rings (SSSR count). The third kappa shape index (κ3) is 3.60. The van der Waals surface area contributed by atoms with Gasteiger partial charge in [0.15, 0.2) is 12.2 Å². The predicted molar refractivity (Wildman–Crippen MR) is 98.7 cm³/mol. The summed E-state index contributed by atoms with van der Waals surface area (Å²) >= 11 is 5.95. The van der Waals surface area contributed by atoms with Crippen molar-refractivity contribution in [2.75, 3.05) is 11.4 Å². The van der Waals surface area contributed by atoms with Crippen LogP contribution in [0.25, 0.3) is 0 Å². The van der Waals surface area contributed by atoms with Gasteiger partial charge in [0.25, 0.3) is 11.8 Å². The number of nitrogens with two attached hydrogens (primary N) is 1. The highest BCUT2D eigenvalue weighted by Crippen LogP contribution is 2.34. The maximum Gasteiger partial charge on any atom is 0.268 e. The summed E-state index contributed by atoms with van der Waals surface area (Å²) in [6.45, 7) is 3.55. The lowest BCUT2D eigenvalue weighted by Crippen LogP contribution is -2.52. The highest BCUT2D eigenvalue weighted by atomic mass is 35.5. The van der Waals surface area contributed by atoms with Crippen molar-refractivity contribution in [3.8, 4) is 11.5 Å². The van der Waals surface area contributed by atoms with Crippen LogP contribution in [0.2, 0.25) is 5.02 Å². The first-order chi connectivity index (χ1) is 12.4. The van der Waals surface area contributed by atoms with Gasteiger partial charge in [-0.15, -0.1) is 0 Å². The molecule has 26 heavy (non-hydrogen) atoms. The topological polar surface area (TPSA) is 81.9 Å². The zero-order chi connectivity index (χ0) is 18.8. The van der Waals surface area contributed by atoms with Crippen molar-refractivity contribution >= 4 is 29.1 Å². The van der Waals surface area contributed by atoms with Gasteiger partial charge in [-0.25, -0.2) is 0 Å². The Labute approximate surface area is 156 Å². The number of hydrogen-bond acceptors (Lipinski definition) is 4. The maximum atomic E-state index is 13.0. The Morgan fingerprint density at radius 2 is 2.04 bits per heavy atom. The molecule has 0 saturated carbocycles. The van der Waals surface area contributed by atoms with Gasteiger partial charge >= 0.3 is 0 Å². The number of hydrogen-bond donors (Lipinski definition) is 1. The molecule has 2 N–H and O–H groups in total. The van der Waals surface area contributed by atoms with E-state index in [-0.39, 0.29) is 12.5 Å². The standard InChI is InChI=1S/C19H19ClN2O4/c1-11-9-13(20)7-8-15(11)25-12(2)19(24)22-10-17(18(21)23)26-16-6-4-3-5-14(16)22/h3-9,12,17H,10H2,1-2H3,(H2,21,23)/t12-,17-/m0/s1. The Bertz CT molecular complexity index is 855. The molecule has 0 saturated heterocycles. The van der Waals surface area contributed by atoms with Crippen LogP contribution in [-0.4, -0.2) is 30.6 Å². The summed E-state index contributed by atoms with van der Waals surface area (Å²) in [5, 5.41) is 0.597. The summed E-state index contributed by atoms with van der Waals surface area (Å²) in [6, 6.07) is 12.2. The van der Waals surface area contributed by atoms with Crippen molar-refractivity contribution in [3.05, 3.63) is 53.1 Å². The summed E-state index contributed by atoms with van der Waals surface area (Å²) in [6.07, 6.45) is -1.67. The van der Waals surface area contributed by atoms with E-state index in [2.05, 4.69) is 0 Å². The molecule has 0 radical (unpaired) electrons. The summed E-state index contributed by atoms with van der Waals surface area (Å²) in [5.74, 6) is 0.0924. The number of benzene rings is 2. The molecule has 2 aromatic carbocycles. The van der Waals surface area contributed by atoms with E-state index in [9.17, 15) is 9.59 Å². The maximum absolute atomic E-state index is 13.0. The number of halogens is 1. The molecule has 0 aromatic heterocycles. The van der Waals surface area contributed by atoms with Crippen LogP contribution in [0.3, 0.4) is 0 Å². The number of primary amides is 1. The molecule has 7 heteroatoms. The van der Waals surface area contributed by atoms with Crippen molar-refractivity contribution in [1.29, 1.82) is 0 Å². The summed E-state index contributed by atoms with van der Waals surface area (Å²) in [7, 11) is 0. The Kier molecular flexibility index (Phi) is 5.04. The van der Waals surface area contributed by atoms with Crippen LogP contribution in [0.4, 0.5) is 5.69 Å². The predicted octanol–water partition coefficient (Wildman–Crippen LogP) is 2.70. The van der Waals surface area contributed by atoms with E-state index >= 15 is 0 Å². The molecule has 2 atom stereocenters. The van der Waals surface area contributed by atoms with Gasteiger partial charge in [-0.05, 0) is 49.7 Å². The zero-order valence-corrected chi connectivity index (χ0v) is 15.2. The van der Waals surface area contributed by atoms with E-state index in [1.54, 1.807) is 49.4 Å². The van der Waals surface area contributed by atoms with Crippen molar-refractivity contribution in [1.82, 2.24) is 0 Å². The van der Waals surface area contributed by atoms with Gasteiger partial charge in [-0.3, -0.25) is 9.59 Å². The third-order valence-corrected chi connectivity index (χ3v) is 4.38. The highest BCUT2D eigenvalue weighted by molar-refractivity contribution is 6.30. The lowest BCUT2D eigenvalue weighted by molar-refractivity contribution is -0.127. The Balaban J connectivity index is 1.84. The van der Waals surface area contributed by atoms with Crippen LogP contribution in [-0.2, 0) is 9.59 Å². The highest BCUT2D eigenvalue weighted by Gasteiger charge is 2.35. The molecule has 0 bridgehead atoms. The fourth-order valence-corrected chi connectivity index (χ4v) is 3.02. The zero-order valence-electron chi connectivity index (χ0n) is 14.4. The third-order valence-electron chi connectivity index (χ3n) is 4.15. The van der Waals surface area contributed by atoms with Gasteiger partial charge in [0.05, 0.1) is 12.2 Å². The second-order valence-corrected chi connectivity index (χ2v) is 6.53. The molecular formula is C19H19ClN2O4. The normalized spacial score (nSPS) is 17.0. The van der Waals surface area contributed by atoms with Crippen LogP contribution in [0.15, 0.2) is 42.5 Å². The average molecular weight is 375 g/mol. The molecule has 0 aliphatic carbocycles. The van der Waals surface area contributed by atoms with Gasteiger partial charge in [-0.1, -0.05) is 23.7 Å². The smallest absolute Gasteiger partial charge is 0.268 e. The second-order valence-electron chi connectivity index (χ2n) is 6.10. The lowest BCUT2D eigenvalue weighted by atomic mass is 10.1. The Morgan fingerprint density at radius 1 is 1.31 bits per heavy atom. The van der Waals surface area contributed by atoms with Gasteiger partial charge in [0, 0.05) is 5.02 Å². The number of fused-ring (bicyclic) bond motifs is 1. The van der Waals surface area contributed by atoms with Crippen molar-refractivity contribution in [2.24, 2.45) is 5.73 Å². The van der Waals surface area contributed by atoms with Crippen LogP contribution < -0.4 is 20.1 Å². The first-order valence-corrected chi connectivity index (χ1v) is 8.54. The molecule has 1 aliphatic rings. The van der Waals surface area contributed by atoms with Crippen LogP contribution >= 0.6 is 11.6 Å². The number of aryl methyl sites for hydroxylation is 1. The van der Waals surface area contributed by atoms with E-state index in [4.69, 9.17) is 26.8 Å². The van der Waals surface area contributed by atoms with Crippen LogP contribution in [0.5, 0.6) is 11.5 Å². The molecule has 0 spiro atoms. The molecule has 6 nitrogen and oxygen atoms in total. The largest absolute Gasteiger partial charge is 0.481 e. The summed E-state index contributed by atoms with van der Waals surface area (Å²) < 4.78 is 11.4. The Hall–Kier alpha value is -2.73. The van der Waals surface area contributed by atoms with Crippen LogP contribution in [0, 0.1) is 6.92 Å². The number of carbonyl (C=O) groups is 2. The second kappa shape index (κ2) is 7.25. The number of ether oxygens (including phenoxy) is 2. The summed E-state index contributed by atoms with van der Waals surface area (Å²) in [4.78, 5) is 26.0. The molecule has 2 aromatic rings. The molecule has 1 aliphatic heterocycles. The fraction of sp³-hybridized carbons (Fsp3) is 0.263. The average Bonchev–Trinajstić information content (AvgIpc) is 2.62. The molecule has 0 fully saturated rings. The van der Waals surface area contributed by atoms with Crippen LogP contribution in [0.1, 0.15) is 12.5 Å². The van der Waals surface area contributed by atoms with E-state index in [0.717, 1.165) is 5.56 Å². The molecule has 2 amide bonds. The van der Waals surface area contributed by atoms with Crippen molar-refractivity contribution in [2.45, 2.75) is 26.1 Å². The van der Waals surface area contributed by atoms with Crippen molar-refractivity contribution < 1.29 is 19.1 Å².